The van der Waals surface area contributed by atoms with Crippen molar-refractivity contribution >= 4 is 12.2 Å². The van der Waals surface area contributed by atoms with Crippen LogP contribution >= 0.6 is 0 Å². The van der Waals surface area contributed by atoms with Gasteiger partial charge in [0.15, 0.2) is 0 Å². The molecule has 0 radical (unpaired) electrons. The van der Waals surface area contributed by atoms with E-state index >= 15 is 0 Å². The van der Waals surface area contributed by atoms with Gasteiger partial charge >= 0.3 is 0 Å². The van der Waals surface area contributed by atoms with Crippen molar-refractivity contribution in [3.05, 3.63) is 114 Å². The SMILES string of the molecule is Oc1ccccc1C(C=Cc1ccccc1)C=Cc1ccccc1. The van der Waals surface area contributed by atoms with Gasteiger partial charge in [0.25, 0.3) is 0 Å². The van der Waals surface area contributed by atoms with Gasteiger partial charge in [-0.1, -0.05) is 103 Å². The number of aromatic hydroxyl groups is 1. The van der Waals surface area contributed by atoms with E-state index in [0.717, 1.165) is 16.7 Å². The highest BCUT2D eigenvalue weighted by molar-refractivity contribution is 5.57. The van der Waals surface area contributed by atoms with Crippen LogP contribution in [-0.4, -0.2) is 5.11 Å². The van der Waals surface area contributed by atoms with Crippen molar-refractivity contribution < 1.29 is 5.11 Å². The van der Waals surface area contributed by atoms with Crippen LogP contribution in [0.3, 0.4) is 0 Å². The largest absolute Gasteiger partial charge is 0.508 e. The molecule has 0 spiro atoms. The van der Waals surface area contributed by atoms with Gasteiger partial charge in [0.1, 0.15) is 5.75 Å². The molecule has 0 saturated heterocycles. The molecule has 0 saturated carbocycles. The van der Waals surface area contributed by atoms with Crippen LogP contribution in [0.1, 0.15) is 22.6 Å². The number of hydrogen-bond acceptors (Lipinski definition) is 1. The van der Waals surface area contributed by atoms with Crippen LogP contribution in [0.25, 0.3) is 12.2 Å². The van der Waals surface area contributed by atoms with E-state index in [4.69, 9.17) is 0 Å². The zero-order valence-corrected chi connectivity index (χ0v) is 13.4. The molecule has 0 heterocycles. The summed E-state index contributed by atoms with van der Waals surface area (Å²) in [6.45, 7) is 0. The molecule has 3 aromatic rings. The van der Waals surface area contributed by atoms with Gasteiger partial charge in [0.2, 0.25) is 0 Å². The van der Waals surface area contributed by atoms with Gasteiger partial charge in [0.05, 0.1) is 0 Å². The van der Waals surface area contributed by atoms with E-state index in [1.165, 1.54) is 0 Å². The van der Waals surface area contributed by atoms with Gasteiger partial charge in [-0.25, -0.2) is 0 Å². The lowest BCUT2D eigenvalue weighted by Crippen LogP contribution is -1.92. The Hall–Kier alpha value is -3.06. The Kier molecular flexibility index (Phi) is 5.26. The molecule has 0 fully saturated rings. The molecule has 0 atom stereocenters. The van der Waals surface area contributed by atoms with Gasteiger partial charge < -0.3 is 5.11 Å². The minimum absolute atomic E-state index is 0.00612. The second-order valence-corrected chi connectivity index (χ2v) is 5.62. The van der Waals surface area contributed by atoms with E-state index in [9.17, 15) is 5.11 Å². The van der Waals surface area contributed by atoms with E-state index < -0.39 is 0 Å². The van der Waals surface area contributed by atoms with E-state index in [1.54, 1.807) is 6.07 Å². The quantitative estimate of drug-likeness (QED) is 0.621. The fraction of sp³-hybridized carbons (Fsp3) is 0.0435. The molecule has 0 aliphatic heterocycles. The topological polar surface area (TPSA) is 20.2 Å². The van der Waals surface area contributed by atoms with Crippen LogP contribution in [0.4, 0.5) is 0 Å². The summed E-state index contributed by atoms with van der Waals surface area (Å²) in [6, 6.07) is 27.9. The van der Waals surface area contributed by atoms with Crippen LogP contribution in [0, 0.1) is 0 Å². The summed E-state index contributed by atoms with van der Waals surface area (Å²) < 4.78 is 0. The first-order valence-electron chi connectivity index (χ1n) is 8.07. The van der Waals surface area contributed by atoms with E-state index in [0.29, 0.717) is 5.75 Å². The number of rotatable bonds is 5. The lowest BCUT2D eigenvalue weighted by atomic mass is 9.95. The second-order valence-electron chi connectivity index (χ2n) is 5.62. The number of allylic oxidation sites excluding steroid dienone is 2. The summed E-state index contributed by atoms with van der Waals surface area (Å²) in [5.41, 5.74) is 3.19. The molecule has 0 unspecified atom stereocenters. The molecule has 118 valence electrons. The maximum atomic E-state index is 10.2. The zero-order valence-electron chi connectivity index (χ0n) is 13.4. The Labute approximate surface area is 143 Å². The fourth-order valence-electron chi connectivity index (χ4n) is 2.60. The van der Waals surface area contributed by atoms with Crippen molar-refractivity contribution in [2.75, 3.05) is 0 Å². The molecule has 0 aromatic heterocycles. The summed E-state index contributed by atoms with van der Waals surface area (Å²) in [7, 11) is 0. The molecule has 3 aromatic carbocycles. The third kappa shape index (κ3) is 4.23. The summed E-state index contributed by atoms with van der Waals surface area (Å²) in [4.78, 5) is 0. The normalized spacial score (nSPS) is 12.7. The third-order valence-electron chi connectivity index (χ3n) is 3.89. The maximum absolute atomic E-state index is 10.2. The second kappa shape index (κ2) is 7.98. The van der Waals surface area contributed by atoms with Crippen molar-refractivity contribution in [2.45, 2.75) is 5.92 Å². The summed E-state index contributed by atoms with van der Waals surface area (Å²) in [6.07, 6.45) is 8.41. The molecule has 24 heavy (non-hydrogen) atoms. The van der Waals surface area contributed by atoms with E-state index in [2.05, 4.69) is 48.6 Å². The Balaban J connectivity index is 1.91. The summed E-state index contributed by atoms with van der Waals surface area (Å²) in [5.74, 6) is 0.324. The Morgan fingerprint density at radius 3 is 1.54 bits per heavy atom. The van der Waals surface area contributed by atoms with Crippen LogP contribution in [0.15, 0.2) is 97.1 Å². The summed E-state index contributed by atoms with van der Waals surface area (Å²) >= 11 is 0. The minimum atomic E-state index is 0.00612. The standard InChI is InChI=1S/C23H20O/c24-23-14-8-7-13-22(23)21(17-15-19-9-3-1-4-10-19)18-16-20-11-5-2-6-12-20/h1-18,21,24H. The highest BCUT2D eigenvalue weighted by atomic mass is 16.3. The van der Waals surface area contributed by atoms with Crippen LogP contribution < -0.4 is 0 Å². The molecular weight excluding hydrogens is 292 g/mol. The third-order valence-corrected chi connectivity index (χ3v) is 3.89. The maximum Gasteiger partial charge on any atom is 0.119 e. The lowest BCUT2D eigenvalue weighted by Gasteiger charge is -2.11. The first-order chi connectivity index (χ1) is 11.8. The van der Waals surface area contributed by atoms with Crippen LogP contribution in [0.2, 0.25) is 0 Å². The predicted octanol–water partition coefficient (Wildman–Crippen LogP) is 5.90. The molecular formula is C23H20O. The lowest BCUT2D eigenvalue weighted by molar-refractivity contribution is 0.468. The minimum Gasteiger partial charge on any atom is -0.508 e. The molecule has 0 bridgehead atoms. The molecule has 1 heteroatoms. The van der Waals surface area contributed by atoms with Gasteiger partial charge in [-0.2, -0.15) is 0 Å². The molecule has 1 N–H and O–H groups in total. The average Bonchev–Trinajstić information content (AvgIpc) is 2.64. The van der Waals surface area contributed by atoms with E-state index in [1.807, 2.05) is 54.6 Å². The van der Waals surface area contributed by atoms with Crippen molar-refractivity contribution in [1.29, 1.82) is 0 Å². The molecule has 0 aliphatic rings. The van der Waals surface area contributed by atoms with Gasteiger partial charge in [-0.15, -0.1) is 0 Å². The van der Waals surface area contributed by atoms with Gasteiger partial charge in [-0.3, -0.25) is 0 Å². The highest BCUT2D eigenvalue weighted by Gasteiger charge is 2.08. The van der Waals surface area contributed by atoms with Crippen molar-refractivity contribution in [3.8, 4) is 5.75 Å². The number of phenols is 1. The Bertz CT molecular complexity index is 767. The van der Waals surface area contributed by atoms with Crippen molar-refractivity contribution in [3.63, 3.8) is 0 Å². The first-order valence-corrected chi connectivity index (χ1v) is 8.07. The smallest absolute Gasteiger partial charge is 0.119 e. The highest BCUT2D eigenvalue weighted by Crippen LogP contribution is 2.29. The monoisotopic (exact) mass is 312 g/mol. The number of para-hydroxylation sites is 1. The van der Waals surface area contributed by atoms with Crippen LogP contribution in [-0.2, 0) is 0 Å². The molecule has 0 amide bonds. The first kappa shape index (κ1) is 15.8. The number of hydrogen-bond donors (Lipinski definition) is 1. The molecule has 1 nitrogen and oxygen atoms in total. The summed E-state index contributed by atoms with van der Waals surface area (Å²) in [5, 5.41) is 10.2. The van der Waals surface area contributed by atoms with Crippen molar-refractivity contribution in [1.82, 2.24) is 0 Å². The van der Waals surface area contributed by atoms with E-state index in [-0.39, 0.29) is 5.92 Å². The van der Waals surface area contributed by atoms with Gasteiger partial charge in [-0.05, 0) is 17.2 Å². The Morgan fingerprint density at radius 1 is 0.583 bits per heavy atom. The Morgan fingerprint density at radius 2 is 1.04 bits per heavy atom. The number of benzene rings is 3. The molecule has 0 aliphatic carbocycles. The fourth-order valence-corrected chi connectivity index (χ4v) is 2.60. The van der Waals surface area contributed by atoms with Crippen LogP contribution in [0.5, 0.6) is 5.75 Å². The average molecular weight is 312 g/mol. The predicted molar refractivity (Wildman–Crippen MR) is 102 cm³/mol. The van der Waals surface area contributed by atoms with Crippen molar-refractivity contribution in [2.24, 2.45) is 0 Å². The zero-order chi connectivity index (χ0) is 16.6. The molecule has 3 rings (SSSR count). The number of phenolic OH excluding ortho intramolecular Hbond substituents is 1. The van der Waals surface area contributed by atoms with Gasteiger partial charge in [0, 0.05) is 11.5 Å².